The van der Waals surface area contributed by atoms with E-state index < -0.39 is 0 Å². The van der Waals surface area contributed by atoms with Gasteiger partial charge in [0.25, 0.3) is 0 Å². The molecular formula is C15H19N3O. The Morgan fingerprint density at radius 1 is 1.21 bits per heavy atom. The molecule has 19 heavy (non-hydrogen) atoms. The summed E-state index contributed by atoms with van der Waals surface area (Å²) in [6.45, 7) is 1.16. The zero-order chi connectivity index (χ0) is 13.1. The van der Waals surface area contributed by atoms with Crippen LogP contribution in [0.3, 0.4) is 0 Å². The van der Waals surface area contributed by atoms with Gasteiger partial charge in [-0.1, -0.05) is 30.7 Å². The van der Waals surface area contributed by atoms with Crippen molar-refractivity contribution >= 4 is 0 Å². The van der Waals surface area contributed by atoms with Gasteiger partial charge in [0.05, 0.1) is 24.5 Å². The van der Waals surface area contributed by atoms with E-state index in [1.54, 1.807) is 0 Å². The van der Waals surface area contributed by atoms with E-state index in [1.165, 1.54) is 12.8 Å². The quantitative estimate of drug-likeness (QED) is 0.791. The van der Waals surface area contributed by atoms with E-state index >= 15 is 0 Å². The molecule has 4 heteroatoms. The van der Waals surface area contributed by atoms with E-state index in [9.17, 15) is 0 Å². The number of aliphatic hydroxyl groups excluding tert-OH is 1. The lowest BCUT2D eigenvalue weighted by Crippen LogP contribution is -2.27. The highest BCUT2D eigenvalue weighted by Crippen LogP contribution is 2.24. The van der Waals surface area contributed by atoms with Crippen molar-refractivity contribution in [1.82, 2.24) is 15.3 Å². The monoisotopic (exact) mass is 257 g/mol. The Morgan fingerprint density at radius 3 is 2.74 bits per heavy atom. The van der Waals surface area contributed by atoms with Gasteiger partial charge in [0, 0.05) is 0 Å². The Morgan fingerprint density at radius 2 is 2.05 bits per heavy atom. The van der Waals surface area contributed by atoms with Crippen LogP contribution in [-0.2, 0) is 6.61 Å². The van der Waals surface area contributed by atoms with Crippen molar-refractivity contribution < 1.29 is 5.11 Å². The highest BCUT2D eigenvalue weighted by atomic mass is 16.3. The second-order valence-electron chi connectivity index (χ2n) is 5.04. The summed E-state index contributed by atoms with van der Waals surface area (Å²) in [4.78, 5) is 7.89. The van der Waals surface area contributed by atoms with Gasteiger partial charge in [0.1, 0.15) is 5.82 Å². The fraction of sp³-hybridized carbons (Fsp3) is 0.400. The summed E-state index contributed by atoms with van der Waals surface area (Å²) in [7, 11) is 0. The molecule has 1 unspecified atom stereocenters. The molecule has 0 bridgehead atoms. The Bertz CT molecular complexity index is 527. The first-order valence-electron chi connectivity index (χ1n) is 6.85. The van der Waals surface area contributed by atoms with Crippen LogP contribution in [0.25, 0.3) is 11.3 Å². The third-order valence-corrected chi connectivity index (χ3v) is 3.68. The normalized spacial score (nSPS) is 19.5. The Kier molecular flexibility index (Phi) is 3.62. The molecule has 1 aromatic heterocycles. The summed E-state index contributed by atoms with van der Waals surface area (Å²) < 4.78 is 0. The summed E-state index contributed by atoms with van der Waals surface area (Å²) in [6, 6.07) is 8.26. The largest absolute Gasteiger partial charge is 0.392 e. The third-order valence-electron chi connectivity index (χ3n) is 3.68. The fourth-order valence-electron chi connectivity index (χ4n) is 2.54. The standard InChI is InChI=1S/C15H19N3O/c19-10-11-4-6-12(7-5-11)14-9-17-15(18-14)13-3-1-2-8-16-13/h4-7,9,13,16,19H,1-3,8,10H2,(H,17,18). The Hall–Kier alpha value is -1.65. The van der Waals surface area contributed by atoms with Gasteiger partial charge in [-0.2, -0.15) is 0 Å². The number of benzene rings is 1. The number of aromatic nitrogens is 2. The number of hydrogen-bond acceptors (Lipinski definition) is 3. The van der Waals surface area contributed by atoms with Crippen LogP contribution in [0, 0.1) is 0 Å². The van der Waals surface area contributed by atoms with Crippen LogP contribution in [0.2, 0.25) is 0 Å². The zero-order valence-electron chi connectivity index (χ0n) is 10.9. The lowest BCUT2D eigenvalue weighted by molar-refractivity contribution is 0.282. The topological polar surface area (TPSA) is 60.9 Å². The van der Waals surface area contributed by atoms with Gasteiger partial charge in [-0.05, 0) is 30.5 Å². The lowest BCUT2D eigenvalue weighted by atomic mass is 10.0. The second kappa shape index (κ2) is 5.55. The molecule has 0 radical (unpaired) electrons. The number of piperidine rings is 1. The van der Waals surface area contributed by atoms with Crippen LogP contribution < -0.4 is 5.32 Å². The number of imidazole rings is 1. The summed E-state index contributed by atoms with van der Waals surface area (Å²) in [5, 5.41) is 12.5. The molecular weight excluding hydrogens is 238 g/mol. The summed E-state index contributed by atoms with van der Waals surface area (Å²) in [5.74, 6) is 1.03. The number of nitrogens with zero attached hydrogens (tertiary/aromatic N) is 1. The smallest absolute Gasteiger partial charge is 0.123 e. The average Bonchev–Trinajstić information content (AvgIpc) is 2.98. The molecule has 100 valence electrons. The molecule has 3 N–H and O–H groups in total. The first kappa shape index (κ1) is 12.4. The first-order chi connectivity index (χ1) is 9.36. The highest BCUT2D eigenvalue weighted by Gasteiger charge is 2.17. The van der Waals surface area contributed by atoms with Crippen LogP contribution >= 0.6 is 0 Å². The minimum atomic E-state index is 0.0838. The van der Waals surface area contributed by atoms with Crippen molar-refractivity contribution in [2.24, 2.45) is 0 Å². The van der Waals surface area contributed by atoms with E-state index in [-0.39, 0.29) is 6.61 Å². The Labute approximate surface area is 112 Å². The van der Waals surface area contributed by atoms with E-state index in [2.05, 4.69) is 15.3 Å². The van der Waals surface area contributed by atoms with Crippen LogP contribution in [-0.4, -0.2) is 21.6 Å². The zero-order valence-corrected chi connectivity index (χ0v) is 10.9. The van der Waals surface area contributed by atoms with Gasteiger partial charge in [0.2, 0.25) is 0 Å². The maximum absolute atomic E-state index is 9.04. The molecule has 4 nitrogen and oxygen atoms in total. The summed E-state index contributed by atoms with van der Waals surface area (Å²) >= 11 is 0. The molecule has 0 spiro atoms. The molecule has 0 saturated carbocycles. The predicted octanol–water partition coefficient (Wildman–Crippen LogP) is 2.38. The minimum absolute atomic E-state index is 0.0838. The predicted molar refractivity (Wildman–Crippen MR) is 74.5 cm³/mol. The molecule has 1 saturated heterocycles. The SMILES string of the molecule is OCc1ccc(-c2cnc(C3CCCCN3)[nH]2)cc1. The van der Waals surface area contributed by atoms with Crippen molar-refractivity contribution in [3.8, 4) is 11.3 Å². The van der Waals surface area contributed by atoms with Gasteiger partial charge in [0.15, 0.2) is 0 Å². The van der Waals surface area contributed by atoms with Crippen LogP contribution in [0.15, 0.2) is 30.5 Å². The molecule has 2 aromatic rings. The second-order valence-corrected chi connectivity index (χ2v) is 5.04. The number of aliphatic hydroxyl groups is 1. The molecule has 1 aromatic carbocycles. The van der Waals surface area contributed by atoms with E-state index in [4.69, 9.17) is 5.11 Å². The number of aromatic amines is 1. The van der Waals surface area contributed by atoms with Gasteiger partial charge < -0.3 is 15.4 Å². The van der Waals surface area contributed by atoms with Gasteiger partial charge in [-0.15, -0.1) is 0 Å². The van der Waals surface area contributed by atoms with Crippen molar-refractivity contribution in [1.29, 1.82) is 0 Å². The van der Waals surface area contributed by atoms with Crippen LogP contribution in [0.5, 0.6) is 0 Å². The van der Waals surface area contributed by atoms with E-state index in [1.807, 2.05) is 30.5 Å². The maximum atomic E-state index is 9.04. The first-order valence-corrected chi connectivity index (χ1v) is 6.85. The Balaban J connectivity index is 1.79. The molecule has 1 fully saturated rings. The van der Waals surface area contributed by atoms with E-state index in [0.29, 0.717) is 6.04 Å². The third kappa shape index (κ3) is 2.69. The lowest BCUT2D eigenvalue weighted by Gasteiger charge is -2.21. The summed E-state index contributed by atoms with van der Waals surface area (Å²) in [5.41, 5.74) is 3.07. The molecule has 3 rings (SSSR count). The van der Waals surface area contributed by atoms with Crippen LogP contribution in [0.1, 0.15) is 36.7 Å². The number of hydrogen-bond donors (Lipinski definition) is 3. The summed E-state index contributed by atoms with van der Waals surface area (Å²) in [6.07, 6.45) is 5.56. The maximum Gasteiger partial charge on any atom is 0.123 e. The van der Waals surface area contributed by atoms with Crippen molar-refractivity contribution in [2.75, 3.05) is 6.54 Å². The van der Waals surface area contributed by atoms with Gasteiger partial charge in [-0.25, -0.2) is 4.98 Å². The van der Waals surface area contributed by atoms with Crippen molar-refractivity contribution in [3.05, 3.63) is 41.9 Å². The highest BCUT2D eigenvalue weighted by molar-refractivity contribution is 5.58. The average molecular weight is 257 g/mol. The molecule has 1 aliphatic rings. The van der Waals surface area contributed by atoms with Gasteiger partial charge >= 0.3 is 0 Å². The number of nitrogens with one attached hydrogen (secondary N) is 2. The van der Waals surface area contributed by atoms with Crippen molar-refractivity contribution in [3.63, 3.8) is 0 Å². The molecule has 1 aliphatic heterocycles. The minimum Gasteiger partial charge on any atom is -0.392 e. The molecule has 1 atom stereocenters. The van der Waals surface area contributed by atoms with Crippen molar-refractivity contribution in [2.45, 2.75) is 31.9 Å². The fourth-order valence-corrected chi connectivity index (χ4v) is 2.54. The molecule has 0 aliphatic carbocycles. The van der Waals surface area contributed by atoms with E-state index in [0.717, 1.165) is 35.6 Å². The number of rotatable bonds is 3. The van der Waals surface area contributed by atoms with Crippen LogP contribution in [0.4, 0.5) is 0 Å². The molecule has 2 heterocycles. The van der Waals surface area contributed by atoms with Gasteiger partial charge in [-0.3, -0.25) is 0 Å². The molecule has 0 amide bonds. The number of H-pyrrole nitrogens is 1.